The number of ether oxygens (including phenoxy) is 1. The lowest BCUT2D eigenvalue weighted by atomic mass is 9.96. The lowest BCUT2D eigenvalue weighted by molar-refractivity contribution is -0.158. The van der Waals surface area contributed by atoms with E-state index in [4.69, 9.17) is 4.74 Å². The standard InChI is InChI=1S/C9H13NO4/c1-3-7(12)9(14-5(2)11)6-4-8(13)10-6/h6,9H,3-4H2,1-2H3,(H,10,13)/t6-,9?/m1/s1. The largest absolute Gasteiger partial charge is 0.452 e. The summed E-state index contributed by atoms with van der Waals surface area (Å²) in [5, 5.41) is 2.53. The van der Waals surface area contributed by atoms with Crippen molar-refractivity contribution in [2.75, 3.05) is 0 Å². The molecule has 1 saturated heterocycles. The van der Waals surface area contributed by atoms with Crippen molar-refractivity contribution >= 4 is 17.7 Å². The van der Waals surface area contributed by atoms with E-state index in [0.29, 0.717) is 6.42 Å². The van der Waals surface area contributed by atoms with E-state index in [0.717, 1.165) is 0 Å². The Morgan fingerprint density at radius 3 is 2.57 bits per heavy atom. The van der Waals surface area contributed by atoms with E-state index in [-0.39, 0.29) is 24.2 Å². The van der Waals surface area contributed by atoms with Crippen molar-refractivity contribution in [2.24, 2.45) is 0 Å². The number of rotatable bonds is 4. The third-order valence-corrected chi connectivity index (χ3v) is 2.08. The lowest BCUT2D eigenvalue weighted by Gasteiger charge is -2.32. The first-order valence-corrected chi connectivity index (χ1v) is 4.54. The summed E-state index contributed by atoms with van der Waals surface area (Å²) in [4.78, 5) is 32.7. The van der Waals surface area contributed by atoms with Gasteiger partial charge in [0, 0.05) is 13.3 Å². The Morgan fingerprint density at radius 1 is 1.64 bits per heavy atom. The van der Waals surface area contributed by atoms with Crippen LogP contribution in [0.15, 0.2) is 0 Å². The van der Waals surface area contributed by atoms with Crippen LogP contribution in [-0.2, 0) is 19.1 Å². The molecule has 1 aliphatic rings. The summed E-state index contributed by atoms with van der Waals surface area (Å²) in [5.74, 6) is -0.779. The van der Waals surface area contributed by atoms with Crippen molar-refractivity contribution in [3.63, 3.8) is 0 Å². The molecule has 1 rings (SSSR count). The number of esters is 1. The van der Waals surface area contributed by atoms with Gasteiger partial charge in [0.15, 0.2) is 11.9 Å². The molecular weight excluding hydrogens is 186 g/mol. The Bertz CT molecular complexity index is 266. The van der Waals surface area contributed by atoms with Crippen molar-refractivity contribution < 1.29 is 19.1 Å². The Kier molecular flexibility index (Phi) is 3.22. The van der Waals surface area contributed by atoms with Crippen molar-refractivity contribution in [1.29, 1.82) is 0 Å². The molecule has 5 nitrogen and oxygen atoms in total. The summed E-state index contributed by atoms with van der Waals surface area (Å²) in [7, 11) is 0. The molecular formula is C9H13NO4. The van der Waals surface area contributed by atoms with Crippen LogP contribution in [0.2, 0.25) is 0 Å². The number of Topliss-reactive ketones (excluding diaryl/α,β-unsaturated/α-hetero) is 1. The van der Waals surface area contributed by atoms with Crippen LogP contribution in [-0.4, -0.2) is 29.8 Å². The Balaban J connectivity index is 2.57. The average Bonchev–Trinajstić information content (AvgIpc) is 2.08. The van der Waals surface area contributed by atoms with Gasteiger partial charge in [0.25, 0.3) is 0 Å². The number of β-lactam (4-membered cyclic amide) rings is 1. The second-order valence-electron chi connectivity index (χ2n) is 3.23. The van der Waals surface area contributed by atoms with Gasteiger partial charge >= 0.3 is 5.97 Å². The first kappa shape index (κ1) is 10.7. The molecule has 0 radical (unpaired) electrons. The molecule has 0 spiro atoms. The van der Waals surface area contributed by atoms with Crippen molar-refractivity contribution in [1.82, 2.24) is 5.32 Å². The van der Waals surface area contributed by atoms with Crippen LogP contribution in [0.3, 0.4) is 0 Å². The zero-order valence-corrected chi connectivity index (χ0v) is 8.20. The highest BCUT2D eigenvalue weighted by molar-refractivity contribution is 5.91. The summed E-state index contributed by atoms with van der Waals surface area (Å²) in [6, 6.07) is -0.334. The number of amides is 1. The number of hydrogen-bond acceptors (Lipinski definition) is 4. The van der Waals surface area contributed by atoms with Gasteiger partial charge in [-0.1, -0.05) is 6.92 Å². The quantitative estimate of drug-likeness (QED) is 0.502. The summed E-state index contributed by atoms with van der Waals surface area (Å²) < 4.78 is 4.85. The van der Waals surface area contributed by atoms with Crippen LogP contribution >= 0.6 is 0 Å². The van der Waals surface area contributed by atoms with Gasteiger partial charge in [-0.2, -0.15) is 0 Å². The molecule has 1 N–H and O–H groups in total. The Hall–Kier alpha value is -1.39. The predicted octanol–water partition coefficient (Wildman–Crippen LogP) is -0.214. The fourth-order valence-corrected chi connectivity index (χ4v) is 1.32. The van der Waals surface area contributed by atoms with Gasteiger partial charge < -0.3 is 10.1 Å². The second-order valence-corrected chi connectivity index (χ2v) is 3.23. The number of carbonyl (C=O) groups is 3. The Morgan fingerprint density at radius 2 is 2.21 bits per heavy atom. The molecule has 1 amide bonds. The average molecular weight is 199 g/mol. The highest BCUT2D eigenvalue weighted by Crippen LogP contribution is 2.14. The lowest BCUT2D eigenvalue weighted by Crippen LogP contribution is -2.58. The number of carbonyl (C=O) groups excluding carboxylic acids is 3. The maximum Gasteiger partial charge on any atom is 0.303 e. The molecule has 78 valence electrons. The molecule has 1 aliphatic heterocycles. The zero-order valence-electron chi connectivity index (χ0n) is 8.20. The summed E-state index contributed by atoms with van der Waals surface area (Å²) in [5.41, 5.74) is 0. The molecule has 1 fully saturated rings. The molecule has 14 heavy (non-hydrogen) atoms. The van der Waals surface area contributed by atoms with E-state index in [9.17, 15) is 14.4 Å². The van der Waals surface area contributed by atoms with Gasteiger partial charge in [0.2, 0.25) is 5.91 Å². The van der Waals surface area contributed by atoms with E-state index in [1.807, 2.05) is 0 Å². The number of ketones is 1. The van der Waals surface area contributed by atoms with Gasteiger partial charge in [-0.3, -0.25) is 14.4 Å². The smallest absolute Gasteiger partial charge is 0.303 e. The fourth-order valence-electron chi connectivity index (χ4n) is 1.32. The SMILES string of the molecule is CCC(=O)C(OC(C)=O)[C@H]1CC(=O)N1. The molecule has 1 heterocycles. The van der Waals surface area contributed by atoms with Gasteiger partial charge in [-0.25, -0.2) is 0 Å². The monoisotopic (exact) mass is 199 g/mol. The molecule has 0 aromatic carbocycles. The van der Waals surface area contributed by atoms with Gasteiger partial charge in [-0.15, -0.1) is 0 Å². The molecule has 5 heteroatoms. The van der Waals surface area contributed by atoms with Crippen molar-refractivity contribution in [2.45, 2.75) is 38.8 Å². The highest BCUT2D eigenvalue weighted by Gasteiger charge is 2.38. The summed E-state index contributed by atoms with van der Waals surface area (Å²) >= 11 is 0. The number of nitrogens with one attached hydrogen (secondary N) is 1. The Labute approximate surface area is 81.8 Å². The van der Waals surface area contributed by atoms with E-state index >= 15 is 0 Å². The van der Waals surface area contributed by atoms with Crippen LogP contribution in [0.5, 0.6) is 0 Å². The molecule has 1 unspecified atom stereocenters. The first-order valence-electron chi connectivity index (χ1n) is 4.54. The van der Waals surface area contributed by atoms with Crippen LogP contribution in [0.4, 0.5) is 0 Å². The number of hydrogen-bond donors (Lipinski definition) is 1. The molecule has 0 saturated carbocycles. The normalized spacial score (nSPS) is 21.9. The second kappa shape index (κ2) is 4.21. The fraction of sp³-hybridized carbons (Fsp3) is 0.667. The van der Waals surface area contributed by atoms with E-state index < -0.39 is 12.1 Å². The third-order valence-electron chi connectivity index (χ3n) is 2.08. The van der Waals surface area contributed by atoms with Crippen LogP contribution in [0.1, 0.15) is 26.7 Å². The first-order chi connectivity index (χ1) is 6.54. The van der Waals surface area contributed by atoms with E-state index in [1.54, 1.807) is 6.92 Å². The van der Waals surface area contributed by atoms with E-state index in [1.165, 1.54) is 6.92 Å². The minimum atomic E-state index is -0.810. The van der Waals surface area contributed by atoms with Crippen LogP contribution in [0.25, 0.3) is 0 Å². The van der Waals surface area contributed by atoms with Crippen molar-refractivity contribution in [3.05, 3.63) is 0 Å². The maximum absolute atomic E-state index is 11.4. The highest BCUT2D eigenvalue weighted by atomic mass is 16.5. The molecule has 0 aromatic rings. The summed E-state index contributed by atoms with van der Waals surface area (Å²) in [6.45, 7) is 2.94. The van der Waals surface area contributed by atoms with Crippen molar-refractivity contribution in [3.8, 4) is 0 Å². The molecule has 0 bridgehead atoms. The minimum absolute atomic E-state index is 0.115. The van der Waals surface area contributed by atoms with Crippen LogP contribution in [0, 0.1) is 0 Å². The molecule has 0 aromatic heterocycles. The third kappa shape index (κ3) is 2.31. The maximum atomic E-state index is 11.4. The molecule has 2 atom stereocenters. The van der Waals surface area contributed by atoms with Gasteiger partial charge in [0.1, 0.15) is 0 Å². The predicted molar refractivity (Wildman–Crippen MR) is 47.4 cm³/mol. The van der Waals surface area contributed by atoms with Gasteiger partial charge in [0.05, 0.1) is 12.5 Å². The zero-order chi connectivity index (χ0) is 10.7. The van der Waals surface area contributed by atoms with Gasteiger partial charge in [-0.05, 0) is 0 Å². The summed E-state index contributed by atoms with van der Waals surface area (Å²) in [6.07, 6.45) is -0.260. The molecule has 0 aliphatic carbocycles. The van der Waals surface area contributed by atoms with Crippen LogP contribution < -0.4 is 5.32 Å². The van der Waals surface area contributed by atoms with E-state index in [2.05, 4.69) is 5.32 Å². The minimum Gasteiger partial charge on any atom is -0.452 e. The topological polar surface area (TPSA) is 72.5 Å².